The van der Waals surface area contributed by atoms with Gasteiger partial charge in [-0.3, -0.25) is 9.59 Å². The molecule has 0 aliphatic carbocycles. The molecule has 154 valence electrons. The Bertz CT molecular complexity index is 843. The molecular weight excluding hydrogens is 366 g/mol. The summed E-state index contributed by atoms with van der Waals surface area (Å²) in [6.07, 6.45) is 1.30. The lowest BCUT2D eigenvalue weighted by atomic mass is 9.91. The number of hydrogen-bond acceptors (Lipinski definition) is 4. The van der Waals surface area contributed by atoms with E-state index in [-0.39, 0.29) is 11.8 Å². The SMILES string of the molecule is COC1(C(=O)NCc2cccc(C(=O)NCc3ccc(C)cc3)c2)CCNCC1. The van der Waals surface area contributed by atoms with Gasteiger partial charge in [0.15, 0.2) is 0 Å². The number of methoxy groups -OCH3 is 1. The third-order valence-electron chi connectivity index (χ3n) is 5.43. The average Bonchev–Trinajstić information content (AvgIpc) is 2.77. The van der Waals surface area contributed by atoms with E-state index in [1.54, 1.807) is 13.2 Å². The first-order valence-corrected chi connectivity index (χ1v) is 9.99. The fourth-order valence-corrected chi connectivity index (χ4v) is 3.51. The van der Waals surface area contributed by atoms with Crippen LogP contribution in [0.15, 0.2) is 48.5 Å². The van der Waals surface area contributed by atoms with Crippen LogP contribution in [0.2, 0.25) is 0 Å². The molecule has 0 unspecified atom stereocenters. The number of hydrogen-bond donors (Lipinski definition) is 3. The summed E-state index contributed by atoms with van der Waals surface area (Å²) in [6.45, 7) is 4.39. The maximum atomic E-state index is 12.7. The summed E-state index contributed by atoms with van der Waals surface area (Å²) >= 11 is 0. The summed E-state index contributed by atoms with van der Waals surface area (Å²) in [7, 11) is 1.59. The van der Waals surface area contributed by atoms with Crippen molar-refractivity contribution >= 4 is 11.8 Å². The number of carbonyl (C=O) groups is 2. The summed E-state index contributed by atoms with van der Waals surface area (Å²) < 4.78 is 5.56. The predicted octanol–water partition coefficient (Wildman–Crippen LogP) is 2.31. The topological polar surface area (TPSA) is 79.5 Å². The highest BCUT2D eigenvalue weighted by atomic mass is 16.5. The second-order valence-electron chi connectivity index (χ2n) is 7.50. The van der Waals surface area contributed by atoms with Crippen molar-refractivity contribution in [3.05, 3.63) is 70.8 Å². The Balaban J connectivity index is 1.56. The number of ether oxygens (including phenoxy) is 1. The predicted molar refractivity (Wildman–Crippen MR) is 112 cm³/mol. The lowest BCUT2D eigenvalue weighted by Crippen LogP contribution is -2.53. The zero-order chi connectivity index (χ0) is 20.7. The first-order valence-electron chi connectivity index (χ1n) is 9.99. The van der Waals surface area contributed by atoms with Crippen LogP contribution in [0.1, 0.15) is 39.9 Å². The van der Waals surface area contributed by atoms with Crippen LogP contribution in [0.5, 0.6) is 0 Å². The fraction of sp³-hybridized carbons (Fsp3) is 0.391. The summed E-state index contributed by atoms with van der Waals surface area (Å²) in [6, 6.07) is 15.4. The Labute approximate surface area is 172 Å². The molecule has 6 nitrogen and oxygen atoms in total. The van der Waals surface area contributed by atoms with Crippen LogP contribution >= 0.6 is 0 Å². The van der Waals surface area contributed by atoms with Crippen molar-refractivity contribution < 1.29 is 14.3 Å². The summed E-state index contributed by atoms with van der Waals surface area (Å²) in [5.74, 6) is -0.235. The van der Waals surface area contributed by atoms with E-state index in [0.29, 0.717) is 31.5 Å². The van der Waals surface area contributed by atoms with Crippen molar-refractivity contribution in [2.24, 2.45) is 0 Å². The first kappa shape index (κ1) is 21.0. The molecule has 1 aliphatic heterocycles. The molecule has 1 heterocycles. The quantitative estimate of drug-likeness (QED) is 0.672. The molecule has 1 aliphatic rings. The number of piperidine rings is 1. The third kappa shape index (κ3) is 5.43. The van der Waals surface area contributed by atoms with E-state index in [9.17, 15) is 9.59 Å². The van der Waals surface area contributed by atoms with Crippen molar-refractivity contribution in [2.75, 3.05) is 20.2 Å². The van der Waals surface area contributed by atoms with Crippen LogP contribution in [-0.2, 0) is 22.6 Å². The van der Waals surface area contributed by atoms with Gasteiger partial charge in [0.05, 0.1) is 0 Å². The molecule has 2 aromatic carbocycles. The minimum atomic E-state index is -0.770. The van der Waals surface area contributed by atoms with Crippen LogP contribution in [0.25, 0.3) is 0 Å². The zero-order valence-corrected chi connectivity index (χ0v) is 17.1. The number of nitrogens with one attached hydrogen (secondary N) is 3. The number of aryl methyl sites for hydroxylation is 1. The standard InChI is InChI=1S/C23H29N3O3/c1-17-6-8-18(9-7-17)15-25-21(27)20-5-3-4-19(14-20)16-26-22(28)23(29-2)10-12-24-13-11-23/h3-9,14,24H,10-13,15-16H2,1-2H3,(H,25,27)(H,26,28). The number of rotatable bonds is 7. The van der Waals surface area contributed by atoms with Gasteiger partial charge in [-0.15, -0.1) is 0 Å². The third-order valence-corrected chi connectivity index (χ3v) is 5.43. The Hall–Kier alpha value is -2.70. The van der Waals surface area contributed by atoms with Crippen LogP contribution in [0.3, 0.4) is 0 Å². The molecule has 0 spiro atoms. The van der Waals surface area contributed by atoms with Gasteiger partial charge in [-0.1, -0.05) is 42.0 Å². The highest BCUT2D eigenvalue weighted by Crippen LogP contribution is 2.22. The van der Waals surface area contributed by atoms with Gasteiger partial charge >= 0.3 is 0 Å². The molecule has 0 bridgehead atoms. The highest BCUT2D eigenvalue weighted by molar-refractivity contribution is 5.94. The normalized spacial score (nSPS) is 15.5. The molecule has 3 rings (SSSR count). The molecule has 0 saturated carbocycles. The van der Waals surface area contributed by atoms with Crippen molar-refractivity contribution in [3.63, 3.8) is 0 Å². The van der Waals surface area contributed by atoms with Crippen LogP contribution < -0.4 is 16.0 Å². The molecule has 2 aromatic rings. The van der Waals surface area contributed by atoms with Gasteiger partial charge in [-0.2, -0.15) is 0 Å². The molecule has 0 atom stereocenters. The van der Waals surface area contributed by atoms with E-state index in [1.807, 2.05) is 49.4 Å². The van der Waals surface area contributed by atoms with Crippen LogP contribution in [-0.4, -0.2) is 37.6 Å². The monoisotopic (exact) mass is 395 g/mol. The lowest BCUT2D eigenvalue weighted by molar-refractivity contribution is -0.146. The van der Waals surface area contributed by atoms with Crippen molar-refractivity contribution in [1.82, 2.24) is 16.0 Å². The van der Waals surface area contributed by atoms with Gasteiger partial charge < -0.3 is 20.7 Å². The second kappa shape index (κ2) is 9.67. The molecule has 1 fully saturated rings. The van der Waals surface area contributed by atoms with E-state index in [4.69, 9.17) is 4.74 Å². The molecule has 2 amide bonds. The molecule has 29 heavy (non-hydrogen) atoms. The summed E-state index contributed by atoms with van der Waals surface area (Å²) in [4.78, 5) is 25.2. The second-order valence-corrected chi connectivity index (χ2v) is 7.50. The lowest BCUT2D eigenvalue weighted by Gasteiger charge is -2.34. The fourth-order valence-electron chi connectivity index (χ4n) is 3.51. The van der Waals surface area contributed by atoms with Crippen molar-refractivity contribution in [2.45, 2.75) is 38.5 Å². The van der Waals surface area contributed by atoms with Gasteiger partial charge in [0.25, 0.3) is 11.8 Å². The Morgan fingerprint density at radius 3 is 2.38 bits per heavy atom. The Kier molecular flexibility index (Phi) is 7.01. The number of benzene rings is 2. The molecule has 3 N–H and O–H groups in total. The molecule has 0 aromatic heterocycles. The van der Waals surface area contributed by atoms with E-state index < -0.39 is 5.60 Å². The summed E-state index contributed by atoms with van der Waals surface area (Å²) in [5, 5.41) is 9.15. The van der Waals surface area contributed by atoms with E-state index in [2.05, 4.69) is 16.0 Å². The number of carbonyl (C=O) groups excluding carboxylic acids is 2. The first-order chi connectivity index (χ1) is 14.0. The zero-order valence-electron chi connectivity index (χ0n) is 17.1. The Morgan fingerprint density at radius 1 is 1.00 bits per heavy atom. The maximum absolute atomic E-state index is 12.7. The molecule has 1 saturated heterocycles. The van der Waals surface area contributed by atoms with Crippen LogP contribution in [0.4, 0.5) is 0 Å². The Morgan fingerprint density at radius 2 is 1.69 bits per heavy atom. The van der Waals surface area contributed by atoms with Gasteiger partial charge in [0.1, 0.15) is 5.60 Å². The average molecular weight is 396 g/mol. The smallest absolute Gasteiger partial charge is 0.252 e. The van der Waals surface area contributed by atoms with Gasteiger partial charge in [0, 0.05) is 25.8 Å². The highest BCUT2D eigenvalue weighted by Gasteiger charge is 2.39. The van der Waals surface area contributed by atoms with E-state index in [1.165, 1.54) is 5.56 Å². The van der Waals surface area contributed by atoms with Crippen molar-refractivity contribution in [1.29, 1.82) is 0 Å². The minimum absolute atomic E-state index is 0.101. The largest absolute Gasteiger partial charge is 0.368 e. The molecule has 0 radical (unpaired) electrons. The number of amides is 2. The van der Waals surface area contributed by atoms with E-state index >= 15 is 0 Å². The summed E-state index contributed by atoms with van der Waals surface area (Å²) in [5.41, 5.74) is 2.93. The van der Waals surface area contributed by atoms with Gasteiger partial charge in [-0.25, -0.2) is 0 Å². The van der Waals surface area contributed by atoms with Gasteiger partial charge in [0.2, 0.25) is 0 Å². The van der Waals surface area contributed by atoms with Crippen LogP contribution in [0, 0.1) is 6.92 Å². The van der Waals surface area contributed by atoms with E-state index in [0.717, 1.165) is 24.2 Å². The van der Waals surface area contributed by atoms with Crippen molar-refractivity contribution in [3.8, 4) is 0 Å². The minimum Gasteiger partial charge on any atom is -0.368 e. The molecule has 6 heteroatoms. The maximum Gasteiger partial charge on any atom is 0.252 e. The van der Waals surface area contributed by atoms with Gasteiger partial charge in [-0.05, 0) is 56.1 Å². The molecular formula is C23H29N3O3.